The molecule has 4 heteroatoms. The van der Waals surface area contributed by atoms with Crippen molar-refractivity contribution < 1.29 is 17.2 Å². The quantitative estimate of drug-likeness (QED) is 0.882. The van der Waals surface area contributed by atoms with Crippen molar-refractivity contribution in [2.45, 2.75) is 40.5 Å². The van der Waals surface area contributed by atoms with E-state index in [9.17, 15) is 10.1 Å². The monoisotopic (exact) mass is 303 g/mol. The molecule has 0 saturated carbocycles. The number of carbonyl (C=O) groups excluding carboxylic acids is 1. The third-order valence-electron chi connectivity index (χ3n) is 3.68. The van der Waals surface area contributed by atoms with Crippen LogP contribution in [0.25, 0.3) is 0 Å². The van der Waals surface area contributed by atoms with Crippen LogP contribution in [-0.2, 0) is 4.79 Å². The van der Waals surface area contributed by atoms with Gasteiger partial charge in [0.15, 0.2) is 5.78 Å². The summed E-state index contributed by atoms with van der Waals surface area (Å²) in [6.45, 7) is 8.08. The Morgan fingerprint density at radius 3 is 2.38 bits per heavy atom. The van der Waals surface area contributed by atoms with E-state index in [4.69, 9.17) is 0 Å². The summed E-state index contributed by atoms with van der Waals surface area (Å²) in [4.78, 5) is 11.8. The molecule has 0 spiro atoms. The lowest BCUT2D eigenvalue weighted by molar-refractivity contribution is -0.117. The van der Waals surface area contributed by atoms with Crippen molar-refractivity contribution in [2.24, 2.45) is 5.41 Å². The molecule has 1 aliphatic carbocycles. The summed E-state index contributed by atoms with van der Waals surface area (Å²) in [5.74, 6) is 0.146. The second-order valence-corrected chi connectivity index (χ2v) is 6.34. The molecule has 0 atom stereocenters. The number of carbonyl (C=O) groups is 1. The van der Waals surface area contributed by atoms with Crippen LogP contribution in [0, 0.1) is 30.6 Å². The predicted octanol–water partition coefficient (Wildman–Crippen LogP) is 0.864. The lowest BCUT2D eigenvalue weighted by atomic mass is 9.79. The van der Waals surface area contributed by atoms with Crippen molar-refractivity contribution in [1.29, 1.82) is 5.26 Å². The van der Waals surface area contributed by atoms with Crippen LogP contribution in [0.1, 0.15) is 43.4 Å². The Morgan fingerprint density at radius 1 is 1.19 bits per heavy atom. The largest absolute Gasteiger partial charge is 1.00 e. The first-order valence-electron chi connectivity index (χ1n) is 6.83. The minimum atomic E-state index is -0.0291. The molecule has 0 heterocycles. The average molecular weight is 304 g/mol. The SMILES string of the molecule is Cc1ccc(C)c(NC2=CC(=O)CC(C)(C)C2)c1C#N.[Cl-]. The Labute approximate surface area is 132 Å². The molecule has 1 aromatic carbocycles. The van der Waals surface area contributed by atoms with Crippen LogP contribution in [0.4, 0.5) is 5.69 Å². The number of nitrogens with zero attached hydrogens (tertiary/aromatic N) is 1. The molecule has 3 nitrogen and oxygen atoms in total. The maximum absolute atomic E-state index is 11.8. The van der Waals surface area contributed by atoms with Gasteiger partial charge in [-0.05, 0) is 36.8 Å². The third-order valence-corrected chi connectivity index (χ3v) is 3.68. The number of anilines is 1. The molecular formula is C17H20ClN2O-. The number of halogens is 1. The molecule has 112 valence electrons. The number of rotatable bonds is 2. The van der Waals surface area contributed by atoms with Gasteiger partial charge in [-0.3, -0.25) is 4.79 Å². The zero-order chi connectivity index (χ0) is 14.9. The molecule has 21 heavy (non-hydrogen) atoms. The minimum absolute atomic E-state index is 0. The van der Waals surface area contributed by atoms with E-state index in [0.717, 1.165) is 28.9 Å². The van der Waals surface area contributed by atoms with E-state index in [-0.39, 0.29) is 23.6 Å². The molecule has 0 radical (unpaired) electrons. The van der Waals surface area contributed by atoms with E-state index < -0.39 is 0 Å². The summed E-state index contributed by atoms with van der Waals surface area (Å²) >= 11 is 0. The van der Waals surface area contributed by atoms with Crippen molar-refractivity contribution in [3.8, 4) is 6.07 Å². The van der Waals surface area contributed by atoms with Gasteiger partial charge in [-0.15, -0.1) is 0 Å². The first-order valence-corrected chi connectivity index (χ1v) is 6.83. The van der Waals surface area contributed by atoms with Crippen molar-refractivity contribution >= 4 is 11.5 Å². The van der Waals surface area contributed by atoms with Crippen molar-refractivity contribution in [3.05, 3.63) is 40.6 Å². The van der Waals surface area contributed by atoms with E-state index in [0.29, 0.717) is 12.0 Å². The fraction of sp³-hybridized carbons (Fsp3) is 0.412. The van der Waals surface area contributed by atoms with Gasteiger partial charge in [-0.25, -0.2) is 0 Å². The summed E-state index contributed by atoms with van der Waals surface area (Å²) < 4.78 is 0. The lowest BCUT2D eigenvalue weighted by Gasteiger charge is -2.29. The average Bonchev–Trinajstić information content (AvgIpc) is 2.31. The number of aryl methyl sites for hydroxylation is 2. The smallest absolute Gasteiger partial charge is 0.157 e. The first kappa shape index (κ1) is 17.3. The number of ketones is 1. The zero-order valence-electron chi connectivity index (χ0n) is 12.9. The van der Waals surface area contributed by atoms with Crippen LogP contribution in [0.5, 0.6) is 0 Å². The molecule has 1 aliphatic rings. The van der Waals surface area contributed by atoms with Gasteiger partial charge >= 0.3 is 0 Å². The lowest BCUT2D eigenvalue weighted by Crippen LogP contribution is -3.00. The number of nitrogens with one attached hydrogen (secondary N) is 1. The molecule has 1 aromatic rings. The predicted molar refractivity (Wildman–Crippen MR) is 80.4 cm³/mol. The highest BCUT2D eigenvalue weighted by Crippen LogP contribution is 2.35. The highest BCUT2D eigenvalue weighted by Gasteiger charge is 2.28. The summed E-state index contributed by atoms with van der Waals surface area (Å²) in [6, 6.07) is 6.19. The summed E-state index contributed by atoms with van der Waals surface area (Å²) in [6.07, 6.45) is 3.07. The molecule has 1 N–H and O–H groups in total. The van der Waals surface area contributed by atoms with Gasteiger partial charge in [-0.1, -0.05) is 26.0 Å². The van der Waals surface area contributed by atoms with E-state index in [1.807, 2.05) is 26.0 Å². The molecule has 0 saturated heterocycles. The van der Waals surface area contributed by atoms with Gasteiger partial charge in [0.05, 0.1) is 11.3 Å². The highest BCUT2D eigenvalue weighted by molar-refractivity contribution is 5.92. The molecule has 2 rings (SSSR count). The summed E-state index contributed by atoms with van der Waals surface area (Å²) in [7, 11) is 0. The van der Waals surface area contributed by atoms with Crippen LogP contribution in [0.15, 0.2) is 23.9 Å². The zero-order valence-corrected chi connectivity index (χ0v) is 13.6. The molecule has 0 bridgehead atoms. The summed E-state index contributed by atoms with van der Waals surface area (Å²) in [5.41, 5.74) is 4.31. The maximum Gasteiger partial charge on any atom is 0.157 e. The number of allylic oxidation sites excluding steroid dienone is 2. The Kier molecular flexibility index (Phi) is 5.20. The molecule has 0 unspecified atom stereocenters. The Balaban J connectivity index is 0.00000220. The van der Waals surface area contributed by atoms with E-state index in [1.54, 1.807) is 6.08 Å². The first-order chi connectivity index (χ1) is 9.32. The van der Waals surface area contributed by atoms with Crippen LogP contribution >= 0.6 is 0 Å². The van der Waals surface area contributed by atoms with E-state index in [2.05, 4.69) is 25.2 Å². The Morgan fingerprint density at radius 2 is 1.81 bits per heavy atom. The molecule has 0 fully saturated rings. The van der Waals surface area contributed by atoms with Crippen LogP contribution in [0.2, 0.25) is 0 Å². The van der Waals surface area contributed by atoms with Gasteiger partial charge in [0.25, 0.3) is 0 Å². The van der Waals surface area contributed by atoms with Gasteiger partial charge in [0.1, 0.15) is 6.07 Å². The summed E-state index contributed by atoms with van der Waals surface area (Å²) in [5, 5.41) is 12.6. The molecule has 0 amide bonds. The highest BCUT2D eigenvalue weighted by atomic mass is 35.5. The van der Waals surface area contributed by atoms with E-state index in [1.165, 1.54) is 0 Å². The van der Waals surface area contributed by atoms with Gasteiger partial charge in [-0.2, -0.15) is 5.26 Å². The van der Waals surface area contributed by atoms with Crippen molar-refractivity contribution in [3.63, 3.8) is 0 Å². The number of hydrogen-bond donors (Lipinski definition) is 1. The van der Waals surface area contributed by atoms with Crippen LogP contribution < -0.4 is 17.7 Å². The third kappa shape index (κ3) is 3.86. The van der Waals surface area contributed by atoms with Crippen LogP contribution in [0.3, 0.4) is 0 Å². The fourth-order valence-corrected chi connectivity index (χ4v) is 2.70. The number of nitriles is 1. The van der Waals surface area contributed by atoms with E-state index >= 15 is 0 Å². The topological polar surface area (TPSA) is 52.9 Å². The fourth-order valence-electron chi connectivity index (χ4n) is 2.70. The molecule has 0 aliphatic heterocycles. The second kappa shape index (κ2) is 6.32. The van der Waals surface area contributed by atoms with Crippen molar-refractivity contribution in [1.82, 2.24) is 0 Å². The van der Waals surface area contributed by atoms with Gasteiger partial charge in [0.2, 0.25) is 0 Å². The number of benzene rings is 1. The number of hydrogen-bond acceptors (Lipinski definition) is 3. The Bertz CT molecular complexity index is 639. The maximum atomic E-state index is 11.8. The standard InChI is InChI=1S/C17H20N2O.ClH/c1-11-5-6-12(2)16(15(11)10-18)19-13-7-14(20)9-17(3,4)8-13;/h5-7,19H,8-9H2,1-4H3;1H/p-1. The van der Waals surface area contributed by atoms with Crippen molar-refractivity contribution in [2.75, 3.05) is 5.32 Å². The van der Waals surface area contributed by atoms with Gasteiger partial charge in [0, 0.05) is 18.2 Å². The normalized spacial score (nSPS) is 16.5. The second-order valence-electron chi connectivity index (χ2n) is 6.34. The van der Waals surface area contributed by atoms with Crippen LogP contribution in [-0.4, -0.2) is 5.78 Å². The van der Waals surface area contributed by atoms with Gasteiger partial charge < -0.3 is 17.7 Å². The molecule has 0 aromatic heterocycles. The Hall–Kier alpha value is -1.79. The molecular weight excluding hydrogens is 284 g/mol. The minimum Gasteiger partial charge on any atom is -1.00 e.